The van der Waals surface area contributed by atoms with Gasteiger partial charge < -0.3 is 5.32 Å². The van der Waals surface area contributed by atoms with Crippen LogP contribution in [0, 0.1) is 11.3 Å². The summed E-state index contributed by atoms with van der Waals surface area (Å²) in [5, 5.41) is 15.2. The van der Waals surface area contributed by atoms with E-state index in [2.05, 4.69) is 16.4 Å². The molecule has 1 heterocycles. The van der Waals surface area contributed by atoms with Gasteiger partial charge in [0.05, 0.1) is 11.3 Å². The topological polar surface area (TPSA) is 65.8 Å². The number of aromatic nitrogens is 1. The lowest BCUT2D eigenvalue weighted by atomic mass is 10.1. The van der Waals surface area contributed by atoms with Crippen LogP contribution in [0.25, 0.3) is 16.8 Å². The van der Waals surface area contributed by atoms with Crippen LogP contribution in [-0.2, 0) is 4.79 Å². The number of thiazole rings is 1. The second-order valence-electron chi connectivity index (χ2n) is 6.21. The lowest BCUT2D eigenvalue weighted by molar-refractivity contribution is -0.116. The summed E-state index contributed by atoms with van der Waals surface area (Å²) < 4.78 is 0. The molecule has 0 radical (unpaired) electrons. The summed E-state index contributed by atoms with van der Waals surface area (Å²) in [7, 11) is 0. The highest BCUT2D eigenvalue weighted by molar-refractivity contribution is 7.11. The van der Waals surface area contributed by atoms with Crippen LogP contribution in [-0.4, -0.2) is 10.9 Å². The van der Waals surface area contributed by atoms with Gasteiger partial charge in [0, 0.05) is 23.1 Å². The standard InChI is InChI=1S/C20H21N3OS/c1-2-5-19(24)22-16-10-8-15(9-11-16)18-13-25-20(23-18)17(12-21)14-6-3-4-7-14/h8-11,13H,2-7H2,1H3,(H,22,24). The lowest BCUT2D eigenvalue weighted by Gasteiger charge is -2.05. The minimum Gasteiger partial charge on any atom is -0.326 e. The van der Waals surface area contributed by atoms with E-state index >= 15 is 0 Å². The van der Waals surface area contributed by atoms with Gasteiger partial charge in [0.2, 0.25) is 5.91 Å². The molecular weight excluding hydrogens is 330 g/mol. The van der Waals surface area contributed by atoms with Gasteiger partial charge in [0.25, 0.3) is 0 Å². The van der Waals surface area contributed by atoms with Gasteiger partial charge >= 0.3 is 0 Å². The van der Waals surface area contributed by atoms with Crippen molar-refractivity contribution in [2.24, 2.45) is 0 Å². The number of hydrogen-bond donors (Lipinski definition) is 1. The summed E-state index contributed by atoms with van der Waals surface area (Å²) in [4.78, 5) is 16.3. The Morgan fingerprint density at radius 2 is 2.00 bits per heavy atom. The number of benzene rings is 1. The Morgan fingerprint density at radius 1 is 1.28 bits per heavy atom. The van der Waals surface area contributed by atoms with Crippen molar-refractivity contribution in [2.45, 2.75) is 45.4 Å². The molecule has 1 amide bonds. The molecule has 0 saturated heterocycles. The maximum absolute atomic E-state index is 11.6. The van der Waals surface area contributed by atoms with Gasteiger partial charge in [-0.1, -0.05) is 19.1 Å². The van der Waals surface area contributed by atoms with Crippen LogP contribution in [0.2, 0.25) is 0 Å². The Bertz CT molecular complexity index is 819. The Kier molecular flexibility index (Phi) is 5.62. The van der Waals surface area contributed by atoms with Crippen LogP contribution in [0.4, 0.5) is 5.69 Å². The molecule has 1 N–H and O–H groups in total. The van der Waals surface area contributed by atoms with Gasteiger partial charge in [-0.2, -0.15) is 5.26 Å². The zero-order chi connectivity index (χ0) is 17.6. The number of carbonyl (C=O) groups is 1. The molecule has 1 aliphatic rings. The van der Waals surface area contributed by atoms with E-state index in [0.29, 0.717) is 6.42 Å². The van der Waals surface area contributed by atoms with Gasteiger partial charge in [-0.25, -0.2) is 4.98 Å². The fourth-order valence-electron chi connectivity index (χ4n) is 3.03. The van der Waals surface area contributed by atoms with Crippen molar-refractivity contribution >= 4 is 28.5 Å². The fourth-order valence-corrected chi connectivity index (χ4v) is 3.90. The quantitative estimate of drug-likeness (QED) is 0.733. The van der Waals surface area contributed by atoms with Crippen molar-refractivity contribution in [3.63, 3.8) is 0 Å². The van der Waals surface area contributed by atoms with Crippen molar-refractivity contribution in [2.75, 3.05) is 5.32 Å². The normalized spacial score (nSPS) is 13.5. The molecule has 0 atom stereocenters. The second kappa shape index (κ2) is 8.09. The van der Waals surface area contributed by atoms with Crippen LogP contribution < -0.4 is 5.32 Å². The molecule has 1 saturated carbocycles. The molecule has 3 rings (SSSR count). The molecule has 2 aromatic rings. The zero-order valence-electron chi connectivity index (χ0n) is 14.3. The first kappa shape index (κ1) is 17.4. The van der Waals surface area contributed by atoms with Crippen LogP contribution >= 0.6 is 11.3 Å². The average Bonchev–Trinajstić information content (AvgIpc) is 3.29. The molecule has 4 nitrogen and oxygen atoms in total. The van der Waals surface area contributed by atoms with E-state index in [9.17, 15) is 10.1 Å². The molecule has 1 aromatic carbocycles. The molecular formula is C20H21N3OS. The van der Waals surface area contributed by atoms with Gasteiger partial charge in [0.1, 0.15) is 11.1 Å². The predicted molar refractivity (Wildman–Crippen MR) is 102 cm³/mol. The molecule has 0 bridgehead atoms. The second-order valence-corrected chi connectivity index (χ2v) is 7.07. The van der Waals surface area contributed by atoms with Crippen LogP contribution in [0.1, 0.15) is 50.5 Å². The summed E-state index contributed by atoms with van der Waals surface area (Å²) in [6, 6.07) is 10.0. The van der Waals surface area contributed by atoms with E-state index < -0.39 is 0 Å². The number of carbonyl (C=O) groups excluding carboxylic acids is 1. The van der Waals surface area contributed by atoms with E-state index in [4.69, 9.17) is 0 Å². The van der Waals surface area contributed by atoms with E-state index in [1.807, 2.05) is 36.6 Å². The number of allylic oxidation sites excluding steroid dienone is 2. The highest BCUT2D eigenvalue weighted by Gasteiger charge is 2.17. The van der Waals surface area contributed by atoms with Gasteiger partial charge in [-0.3, -0.25) is 4.79 Å². The largest absolute Gasteiger partial charge is 0.326 e. The van der Waals surface area contributed by atoms with Crippen LogP contribution in [0.3, 0.4) is 0 Å². The number of rotatable bonds is 5. The van der Waals surface area contributed by atoms with Crippen molar-refractivity contribution in [3.8, 4) is 17.3 Å². The summed E-state index contributed by atoms with van der Waals surface area (Å²) >= 11 is 1.52. The van der Waals surface area contributed by atoms with Crippen molar-refractivity contribution in [1.29, 1.82) is 5.26 Å². The van der Waals surface area contributed by atoms with Crippen LogP contribution in [0.15, 0.2) is 35.2 Å². The highest BCUT2D eigenvalue weighted by Crippen LogP contribution is 2.34. The molecule has 1 aromatic heterocycles. The Hall–Kier alpha value is -2.45. The number of nitrogens with one attached hydrogen (secondary N) is 1. The van der Waals surface area contributed by atoms with Crippen molar-refractivity contribution in [1.82, 2.24) is 4.98 Å². The predicted octanol–water partition coefficient (Wildman–Crippen LogP) is 5.40. The van der Waals surface area contributed by atoms with Gasteiger partial charge in [-0.05, 0) is 49.8 Å². The minimum atomic E-state index is 0.0352. The maximum Gasteiger partial charge on any atom is 0.224 e. The molecule has 1 fully saturated rings. The number of amides is 1. The van der Waals surface area contributed by atoms with E-state index in [1.54, 1.807) is 0 Å². The molecule has 5 heteroatoms. The Balaban J connectivity index is 1.77. The fraction of sp³-hybridized carbons (Fsp3) is 0.350. The van der Waals surface area contributed by atoms with Crippen molar-refractivity contribution < 1.29 is 4.79 Å². The number of hydrogen-bond acceptors (Lipinski definition) is 4. The summed E-state index contributed by atoms with van der Waals surface area (Å²) in [6.45, 7) is 1.98. The van der Waals surface area contributed by atoms with E-state index in [-0.39, 0.29) is 5.91 Å². The van der Waals surface area contributed by atoms with Gasteiger partial charge in [-0.15, -0.1) is 11.3 Å². The molecule has 128 valence electrons. The number of nitrogens with zero attached hydrogens (tertiary/aromatic N) is 2. The third-order valence-corrected chi connectivity index (χ3v) is 5.19. The number of anilines is 1. The molecule has 0 spiro atoms. The monoisotopic (exact) mass is 351 g/mol. The highest BCUT2D eigenvalue weighted by atomic mass is 32.1. The third-order valence-electron chi connectivity index (χ3n) is 4.33. The zero-order valence-corrected chi connectivity index (χ0v) is 15.2. The average molecular weight is 351 g/mol. The first-order valence-electron chi connectivity index (χ1n) is 8.69. The first-order chi connectivity index (χ1) is 12.2. The number of nitriles is 1. The smallest absolute Gasteiger partial charge is 0.224 e. The Labute approximate surface area is 152 Å². The first-order valence-corrected chi connectivity index (χ1v) is 9.57. The summed E-state index contributed by atoms with van der Waals surface area (Å²) in [5.41, 5.74) is 4.67. The van der Waals surface area contributed by atoms with Crippen LogP contribution in [0.5, 0.6) is 0 Å². The molecule has 25 heavy (non-hydrogen) atoms. The summed E-state index contributed by atoms with van der Waals surface area (Å²) in [6.07, 6.45) is 5.74. The SMILES string of the molecule is CCCC(=O)Nc1ccc(-c2csc(C(C#N)=C3CCCC3)n2)cc1. The third kappa shape index (κ3) is 4.15. The molecule has 0 aliphatic heterocycles. The van der Waals surface area contributed by atoms with Gasteiger partial charge in [0.15, 0.2) is 0 Å². The molecule has 0 unspecified atom stereocenters. The molecule has 1 aliphatic carbocycles. The lowest BCUT2D eigenvalue weighted by Crippen LogP contribution is -2.10. The van der Waals surface area contributed by atoms with E-state index in [1.165, 1.54) is 29.8 Å². The minimum absolute atomic E-state index is 0.0352. The summed E-state index contributed by atoms with van der Waals surface area (Å²) in [5.74, 6) is 0.0352. The van der Waals surface area contributed by atoms with E-state index in [0.717, 1.165) is 46.8 Å². The Morgan fingerprint density at radius 3 is 2.64 bits per heavy atom. The van der Waals surface area contributed by atoms with Crippen molar-refractivity contribution in [3.05, 3.63) is 40.2 Å². The maximum atomic E-state index is 11.6.